The standard InChI is InChI=1S/C17H17Cl2NO3S/c1-8(2)23-17(22)13-9(3)10(4)24-16(13)20-15(21)14-11(18)6-5-7-12(14)19/h5-8H,1-4H3,(H,20,21). The first-order valence-corrected chi connectivity index (χ1v) is 8.86. The lowest BCUT2D eigenvalue weighted by atomic mass is 10.1. The van der Waals surface area contributed by atoms with Crippen LogP contribution in [0.25, 0.3) is 0 Å². The summed E-state index contributed by atoms with van der Waals surface area (Å²) in [5.41, 5.74) is 1.32. The van der Waals surface area contributed by atoms with E-state index in [1.54, 1.807) is 32.0 Å². The van der Waals surface area contributed by atoms with E-state index in [0.29, 0.717) is 10.6 Å². The number of carbonyl (C=O) groups is 2. The van der Waals surface area contributed by atoms with Gasteiger partial charge in [0.15, 0.2) is 0 Å². The van der Waals surface area contributed by atoms with Crippen LogP contribution in [-0.4, -0.2) is 18.0 Å². The fourth-order valence-corrected chi connectivity index (χ4v) is 3.73. The molecule has 0 aliphatic rings. The Hall–Kier alpha value is -1.56. The highest BCUT2D eigenvalue weighted by atomic mass is 35.5. The number of carbonyl (C=O) groups excluding carboxylic acids is 2. The second-order valence-corrected chi connectivity index (χ2v) is 7.53. The third kappa shape index (κ3) is 3.91. The summed E-state index contributed by atoms with van der Waals surface area (Å²) in [6.07, 6.45) is -0.251. The number of nitrogens with one attached hydrogen (secondary N) is 1. The summed E-state index contributed by atoms with van der Waals surface area (Å²) in [6, 6.07) is 4.83. The van der Waals surface area contributed by atoms with Crippen molar-refractivity contribution in [3.8, 4) is 0 Å². The van der Waals surface area contributed by atoms with E-state index in [9.17, 15) is 9.59 Å². The van der Waals surface area contributed by atoms with E-state index in [4.69, 9.17) is 27.9 Å². The average molecular weight is 386 g/mol. The van der Waals surface area contributed by atoms with Crippen molar-refractivity contribution < 1.29 is 14.3 Å². The lowest BCUT2D eigenvalue weighted by molar-refractivity contribution is 0.0379. The molecule has 1 amide bonds. The monoisotopic (exact) mass is 385 g/mol. The predicted octanol–water partition coefficient (Wildman–Crippen LogP) is 5.49. The molecular formula is C17H17Cl2NO3S. The zero-order chi connectivity index (χ0) is 18.0. The number of rotatable bonds is 4. The largest absolute Gasteiger partial charge is 0.459 e. The molecule has 0 aliphatic heterocycles. The highest BCUT2D eigenvalue weighted by molar-refractivity contribution is 7.16. The van der Waals surface area contributed by atoms with Crippen LogP contribution in [0.4, 0.5) is 5.00 Å². The molecule has 0 aliphatic carbocycles. The minimum atomic E-state index is -0.467. The van der Waals surface area contributed by atoms with Crippen molar-refractivity contribution in [1.82, 2.24) is 0 Å². The maximum Gasteiger partial charge on any atom is 0.341 e. The van der Waals surface area contributed by atoms with E-state index in [1.807, 2.05) is 13.8 Å². The molecule has 2 rings (SSSR count). The fraction of sp³-hybridized carbons (Fsp3) is 0.294. The Morgan fingerprint density at radius 1 is 1.12 bits per heavy atom. The van der Waals surface area contributed by atoms with Crippen LogP contribution >= 0.6 is 34.5 Å². The van der Waals surface area contributed by atoms with Gasteiger partial charge in [-0.2, -0.15) is 0 Å². The molecule has 0 radical (unpaired) electrons. The Morgan fingerprint density at radius 3 is 2.25 bits per heavy atom. The third-order valence-electron chi connectivity index (χ3n) is 3.35. The highest BCUT2D eigenvalue weighted by Gasteiger charge is 2.24. The van der Waals surface area contributed by atoms with E-state index < -0.39 is 11.9 Å². The molecule has 1 heterocycles. The molecule has 0 spiro atoms. The number of halogens is 2. The first-order valence-electron chi connectivity index (χ1n) is 7.28. The Bertz CT molecular complexity index is 779. The van der Waals surface area contributed by atoms with Crippen molar-refractivity contribution in [2.45, 2.75) is 33.8 Å². The zero-order valence-corrected chi connectivity index (χ0v) is 16.0. The third-order valence-corrected chi connectivity index (χ3v) is 5.10. The molecule has 7 heteroatoms. The van der Waals surface area contributed by atoms with Gasteiger partial charge in [0.1, 0.15) is 5.00 Å². The van der Waals surface area contributed by atoms with Gasteiger partial charge in [0.2, 0.25) is 0 Å². The molecule has 1 aromatic heterocycles. The van der Waals surface area contributed by atoms with Gasteiger partial charge in [-0.25, -0.2) is 4.79 Å². The molecule has 0 unspecified atom stereocenters. The molecular weight excluding hydrogens is 369 g/mol. The van der Waals surface area contributed by atoms with Crippen LogP contribution in [0.15, 0.2) is 18.2 Å². The number of hydrogen-bond donors (Lipinski definition) is 1. The number of esters is 1. The van der Waals surface area contributed by atoms with Crippen LogP contribution < -0.4 is 5.32 Å². The van der Waals surface area contributed by atoms with Gasteiger partial charge < -0.3 is 10.1 Å². The summed E-state index contributed by atoms with van der Waals surface area (Å²) in [4.78, 5) is 25.8. The normalized spacial score (nSPS) is 10.8. The lowest BCUT2D eigenvalue weighted by Gasteiger charge is -2.11. The van der Waals surface area contributed by atoms with Crippen molar-refractivity contribution in [1.29, 1.82) is 0 Å². The summed E-state index contributed by atoms with van der Waals surface area (Å²) in [5, 5.41) is 3.65. The Balaban J connectivity index is 2.38. The first-order chi connectivity index (χ1) is 11.2. The van der Waals surface area contributed by atoms with Gasteiger partial charge in [0, 0.05) is 4.88 Å². The second kappa shape index (κ2) is 7.55. The molecule has 0 saturated carbocycles. The molecule has 0 atom stereocenters. The number of benzene rings is 1. The number of thiophene rings is 1. The van der Waals surface area contributed by atoms with Gasteiger partial charge in [-0.3, -0.25) is 4.79 Å². The Kier molecular flexibility index (Phi) is 5.91. The van der Waals surface area contributed by atoms with Crippen molar-refractivity contribution in [3.63, 3.8) is 0 Å². The van der Waals surface area contributed by atoms with Crippen LogP contribution in [0.5, 0.6) is 0 Å². The van der Waals surface area contributed by atoms with Crippen molar-refractivity contribution >= 4 is 51.4 Å². The molecule has 0 saturated heterocycles. The van der Waals surface area contributed by atoms with Crippen LogP contribution in [0.1, 0.15) is 45.0 Å². The summed E-state index contributed by atoms with van der Waals surface area (Å²) in [7, 11) is 0. The molecule has 0 bridgehead atoms. The summed E-state index contributed by atoms with van der Waals surface area (Å²) < 4.78 is 5.27. The maximum atomic E-state index is 12.5. The van der Waals surface area contributed by atoms with Gasteiger partial charge in [0.05, 0.1) is 27.3 Å². The van der Waals surface area contributed by atoms with E-state index >= 15 is 0 Å². The van der Waals surface area contributed by atoms with Gasteiger partial charge >= 0.3 is 5.97 Å². The molecule has 2 aromatic rings. The zero-order valence-electron chi connectivity index (χ0n) is 13.7. The molecule has 128 valence electrons. The van der Waals surface area contributed by atoms with Crippen LogP contribution in [0, 0.1) is 13.8 Å². The molecule has 4 nitrogen and oxygen atoms in total. The van der Waals surface area contributed by atoms with E-state index in [0.717, 1.165) is 10.4 Å². The van der Waals surface area contributed by atoms with Gasteiger partial charge in [-0.05, 0) is 45.4 Å². The minimum absolute atomic E-state index is 0.174. The number of aryl methyl sites for hydroxylation is 1. The van der Waals surface area contributed by atoms with Crippen molar-refractivity contribution in [2.24, 2.45) is 0 Å². The SMILES string of the molecule is Cc1sc(NC(=O)c2c(Cl)cccc2Cl)c(C(=O)OC(C)C)c1C. The molecule has 1 aromatic carbocycles. The molecule has 24 heavy (non-hydrogen) atoms. The number of hydrogen-bond acceptors (Lipinski definition) is 4. The van der Waals surface area contributed by atoms with Crippen molar-refractivity contribution in [2.75, 3.05) is 5.32 Å². The quantitative estimate of drug-likeness (QED) is 0.707. The van der Waals surface area contributed by atoms with Gasteiger partial charge in [-0.15, -0.1) is 11.3 Å². The second-order valence-electron chi connectivity index (χ2n) is 5.49. The summed E-state index contributed by atoms with van der Waals surface area (Å²) >= 11 is 13.4. The van der Waals surface area contributed by atoms with Gasteiger partial charge in [0.25, 0.3) is 5.91 Å². The summed E-state index contributed by atoms with van der Waals surface area (Å²) in [6.45, 7) is 7.24. The van der Waals surface area contributed by atoms with Crippen molar-refractivity contribution in [3.05, 3.63) is 49.8 Å². The minimum Gasteiger partial charge on any atom is -0.459 e. The van der Waals surface area contributed by atoms with E-state index in [-0.39, 0.29) is 21.7 Å². The average Bonchev–Trinajstić information content (AvgIpc) is 2.72. The Morgan fingerprint density at radius 2 is 1.71 bits per heavy atom. The predicted molar refractivity (Wildman–Crippen MR) is 98.8 cm³/mol. The number of anilines is 1. The number of amides is 1. The lowest BCUT2D eigenvalue weighted by Crippen LogP contribution is -2.17. The van der Waals surface area contributed by atoms with Gasteiger partial charge in [-0.1, -0.05) is 29.3 Å². The fourth-order valence-electron chi connectivity index (χ4n) is 2.11. The maximum absolute atomic E-state index is 12.5. The Labute approximate surface area is 154 Å². The molecule has 1 N–H and O–H groups in total. The summed E-state index contributed by atoms with van der Waals surface area (Å²) in [5.74, 6) is -0.933. The smallest absolute Gasteiger partial charge is 0.341 e. The van der Waals surface area contributed by atoms with E-state index in [2.05, 4.69) is 5.32 Å². The van der Waals surface area contributed by atoms with Crippen LogP contribution in [-0.2, 0) is 4.74 Å². The van der Waals surface area contributed by atoms with E-state index in [1.165, 1.54) is 11.3 Å². The highest BCUT2D eigenvalue weighted by Crippen LogP contribution is 2.34. The van der Waals surface area contributed by atoms with Crippen LogP contribution in [0.2, 0.25) is 10.0 Å². The topological polar surface area (TPSA) is 55.4 Å². The number of ether oxygens (including phenoxy) is 1. The molecule has 0 fully saturated rings. The first kappa shape index (κ1) is 18.8. The van der Waals surface area contributed by atoms with Crippen LogP contribution in [0.3, 0.4) is 0 Å².